The van der Waals surface area contributed by atoms with Crippen LogP contribution in [0.1, 0.15) is 21.6 Å². The van der Waals surface area contributed by atoms with Gasteiger partial charge in [0.1, 0.15) is 4.83 Å². The van der Waals surface area contributed by atoms with Crippen molar-refractivity contribution in [2.45, 2.75) is 30.4 Å². The van der Waals surface area contributed by atoms with Crippen LogP contribution in [0.4, 0.5) is 0 Å². The number of benzene rings is 2. The third kappa shape index (κ3) is 4.35. The van der Waals surface area contributed by atoms with Gasteiger partial charge in [-0.05, 0) is 42.3 Å². The second-order valence-electron chi connectivity index (χ2n) is 7.98. The molecule has 4 aromatic rings. The number of rotatable bonds is 5. The zero-order valence-electron chi connectivity index (χ0n) is 17.5. The van der Waals surface area contributed by atoms with Gasteiger partial charge in [-0.3, -0.25) is 9.36 Å². The Kier molecular flexibility index (Phi) is 6.32. The molecule has 0 N–H and O–H groups in total. The van der Waals surface area contributed by atoms with Crippen LogP contribution in [0, 0.1) is 0 Å². The van der Waals surface area contributed by atoms with E-state index in [4.69, 9.17) is 28.2 Å². The average molecular weight is 502 g/mol. The molecule has 2 aromatic heterocycles. The molecule has 0 aliphatic carbocycles. The lowest BCUT2D eigenvalue weighted by atomic mass is 10.1. The van der Waals surface area contributed by atoms with Crippen molar-refractivity contribution in [1.29, 1.82) is 0 Å². The highest BCUT2D eigenvalue weighted by Crippen LogP contribution is 2.34. The van der Waals surface area contributed by atoms with E-state index in [1.54, 1.807) is 29.2 Å². The second kappa shape index (κ2) is 9.20. The highest BCUT2D eigenvalue weighted by Gasteiger charge is 2.24. The van der Waals surface area contributed by atoms with E-state index in [0.717, 1.165) is 46.0 Å². The fourth-order valence-corrected chi connectivity index (χ4v) is 6.58. The highest BCUT2D eigenvalue weighted by molar-refractivity contribution is 7.98. The molecule has 0 atom stereocenters. The van der Waals surface area contributed by atoms with E-state index in [1.165, 1.54) is 10.4 Å². The molecule has 0 saturated heterocycles. The van der Waals surface area contributed by atoms with Gasteiger partial charge >= 0.3 is 0 Å². The Labute approximate surface area is 204 Å². The molecule has 0 fully saturated rings. The molecule has 3 heterocycles. The van der Waals surface area contributed by atoms with Crippen molar-refractivity contribution in [3.63, 3.8) is 0 Å². The standard InChI is InChI=1S/C24H21Cl2N3OS2/c1-28-10-9-17-20(13-28)32-22-21(17)23(30)29(12-15-5-3-2-4-6-15)24(27-22)31-14-16-7-8-18(25)19(26)11-16/h2-8,11H,9-10,12-14H2,1H3. The number of aromatic nitrogens is 2. The zero-order chi connectivity index (χ0) is 22.2. The number of hydrogen-bond donors (Lipinski definition) is 0. The topological polar surface area (TPSA) is 38.1 Å². The summed E-state index contributed by atoms with van der Waals surface area (Å²) >= 11 is 15.5. The smallest absolute Gasteiger partial charge is 0.263 e. The summed E-state index contributed by atoms with van der Waals surface area (Å²) in [5.74, 6) is 0.650. The molecule has 164 valence electrons. The van der Waals surface area contributed by atoms with Crippen LogP contribution < -0.4 is 5.56 Å². The van der Waals surface area contributed by atoms with Crippen molar-refractivity contribution in [3.05, 3.63) is 90.5 Å². The van der Waals surface area contributed by atoms with E-state index in [2.05, 4.69) is 11.9 Å². The third-order valence-corrected chi connectivity index (χ3v) is 8.55. The van der Waals surface area contributed by atoms with Crippen molar-refractivity contribution in [2.24, 2.45) is 0 Å². The van der Waals surface area contributed by atoms with Crippen molar-refractivity contribution in [3.8, 4) is 0 Å². The minimum Gasteiger partial charge on any atom is -0.301 e. The summed E-state index contributed by atoms with van der Waals surface area (Å²) in [6.45, 7) is 2.34. The summed E-state index contributed by atoms with van der Waals surface area (Å²) in [7, 11) is 2.12. The molecular formula is C24H21Cl2N3OS2. The van der Waals surface area contributed by atoms with Gasteiger partial charge in [-0.25, -0.2) is 4.98 Å². The monoisotopic (exact) mass is 501 g/mol. The van der Waals surface area contributed by atoms with Crippen LogP contribution >= 0.6 is 46.3 Å². The average Bonchev–Trinajstić information content (AvgIpc) is 3.15. The summed E-state index contributed by atoms with van der Waals surface area (Å²) in [6, 6.07) is 15.7. The molecule has 5 rings (SSSR count). The molecule has 0 radical (unpaired) electrons. The van der Waals surface area contributed by atoms with Crippen LogP contribution in [-0.2, 0) is 25.3 Å². The quantitative estimate of drug-likeness (QED) is 0.244. The molecule has 0 amide bonds. The van der Waals surface area contributed by atoms with E-state index in [0.29, 0.717) is 22.3 Å². The van der Waals surface area contributed by atoms with Gasteiger partial charge in [-0.1, -0.05) is 71.4 Å². The fourth-order valence-electron chi connectivity index (χ4n) is 3.98. The van der Waals surface area contributed by atoms with E-state index in [9.17, 15) is 4.79 Å². The molecule has 0 spiro atoms. The maximum Gasteiger partial charge on any atom is 0.263 e. The predicted octanol–water partition coefficient (Wildman–Crippen LogP) is 6.09. The summed E-state index contributed by atoms with van der Waals surface area (Å²) in [5, 5.41) is 2.59. The maximum absolute atomic E-state index is 13.7. The van der Waals surface area contributed by atoms with Crippen LogP contribution in [0.15, 0.2) is 58.5 Å². The number of halogens is 2. The van der Waals surface area contributed by atoms with Gasteiger partial charge in [0.05, 0.1) is 22.0 Å². The number of fused-ring (bicyclic) bond motifs is 3. The third-order valence-electron chi connectivity index (χ3n) is 5.65. The number of thiophene rings is 1. The summed E-state index contributed by atoms with van der Waals surface area (Å²) in [4.78, 5) is 23.1. The first kappa shape index (κ1) is 22.0. The van der Waals surface area contributed by atoms with E-state index in [1.807, 2.05) is 47.0 Å². The van der Waals surface area contributed by atoms with Crippen LogP contribution in [0.25, 0.3) is 10.2 Å². The molecule has 2 aromatic carbocycles. The number of thioether (sulfide) groups is 1. The van der Waals surface area contributed by atoms with Gasteiger partial charge in [0.15, 0.2) is 5.16 Å². The Morgan fingerprint density at radius 2 is 1.91 bits per heavy atom. The normalized spacial score (nSPS) is 14.1. The molecular weight excluding hydrogens is 481 g/mol. The molecule has 0 bridgehead atoms. The van der Waals surface area contributed by atoms with Crippen LogP contribution in [0.5, 0.6) is 0 Å². The molecule has 1 aliphatic rings. The molecule has 0 unspecified atom stereocenters. The van der Waals surface area contributed by atoms with Crippen LogP contribution in [0.3, 0.4) is 0 Å². The van der Waals surface area contributed by atoms with E-state index >= 15 is 0 Å². The van der Waals surface area contributed by atoms with Gasteiger partial charge in [-0.15, -0.1) is 11.3 Å². The minimum atomic E-state index is 0.0533. The Morgan fingerprint density at radius 3 is 2.69 bits per heavy atom. The van der Waals surface area contributed by atoms with Crippen molar-refractivity contribution in [1.82, 2.24) is 14.5 Å². The summed E-state index contributed by atoms with van der Waals surface area (Å²) < 4.78 is 1.82. The van der Waals surface area contributed by atoms with Gasteiger partial charge in [0, 0.05) is 23.7 Å². The molecule has 32 heavy (non-hydrogen) atoms. The van der Waals surface area contributed by atoms with Crippen molar-refractivity contribution in [2.75, 3.05) is 13.6 Å². The lowest BCUT2D eigenvalue weighted by Gasteiger charge is -2.21. The van der Waals surface area contributed by atoms with Crippen molar-refractivity contribution < 1.29 is 0 Å². The number of hydrogen-bond acceptors (Lipinski definition) is 5. The first-order valence-corrected chi connectivity index (χ1v) is 12.9. The number of likely N-dealkylation sites (N-methyl/N-ethyl adjacent to an activating group) is 1. The molecule has 8 heteroatoms. The lowest BCUT2D eigenvalue weighted by Crippen LogP contribution is -2.27. The van der Waals surface area contributed by atoms with Crippen molar-refractivity contribution >= 4 is 56.5 Å². The Morgan fingerprint density at radius 1 is 1.09 bits per heavy atom. The first-order valence-electron chi connectivity index (χ1n) is 10.3. The fraction of sp³-hybridized carbons (Fsp3) is 0.250. The van der Waals surface area contributed by atoms with Crippen LogP contribution in [0.2, 0.25) is 10.0 Å². The largest absolute Gasteiger partial charge is 0.301 e. The lowest BCUT2D eigenvalue weighted by molar-refractivity contribution is 0.318. The van der Waals surface area contributed by atoms with Gasteiger partial charge in [0.25, 0.3) is 5.56 Å². The van der Waals surface area contributed by atoms with E-state index < -0.39 is 0 Å². The first-order chi connectivity index (χ1) is 15.5. The SMILES string of the molecule is CN1CCc2c(sc3nc(SCc4ccc(Cl)c(Cl)c4)n(Cc4ccccc4)c(=O)c23)C1. The summed E-state index contributed by atoms with van der Waals surface area (Å²) in [6.07, 6.45) is 0.893. The zero-order valence-corrected chi connectivity index (χ0v) is 20.6. The van der Waals surface area contributed by atoms with Gasteiger partial charge in [0.2, 0.25) is 0 Å². The second-order valence-corrected chi connectivity index (χ2v) is 10.8. The maximum atomic E-state index is 13.7. The van der Waals surface area contributed by atoms with Gasteiger partial charge in [-0.2, -0.15) is 0 Å². The van der Waals surface area contributed by atoms with Crippen LogP contribution in [-0.4, -0.2) is 28.0 Å². The predicted molar refractivity (Wildman–Crippen MR) is 135 cm³/mol. The molecule has 4 nitrogen and oxygen atoms in total. The Bertz CT molecular complexity index is 1350. The Balaban J connectivity index is 1.58. The highest BCUT2D eigenvalue weighted by atomic mass is 35.5. The summed E-state index contributed by atoms with van der Waals surface area (Å²) in [5.41, 5.74) is 3.36. The van der Waals surface area contributed by atoms with E-state index in [-0.39, 0.29) is 5.56 Å². The molecule has 1 aliphatic heterocycles. The van der Waals surface area contributed by atoms with Gasteiger partial charge < -0.3 is 4.90 Å². The molecule has 0 saturated carbocycles. The number of nitrogens with zero attached hydrogens (tertiary/aromatic N) is 3. The minimum absolute atomic E-state index is 0.0533. The Hall–Kier alpha value is -1.83.